The number of benzene rings is 2. The van der Waals surface area contributed by atoms with Crippen LogP contribution in [-0.2, 0) is 0 Å². The van der Waals surface area contributed by atoms with Gasteiger partial charge in [0.2, 0.25) is 0 Å². The standard InChI is InChI=1S/C14H10ClN3S/c15-9-1-4-11(5-2-9)19-14-12-7-10(16)3-6-13(12)17-8-18-14/h1-8H,16H2. The number of anilines is 1. The average molecular weight is 288 g/mol. The minimum atomic E-state index is 0.709. The quantitative estimate of drug-likeness (QED) is 0.571. The average Bonchev–Trinajstić information content (AvgIpc) is 2.42. The molecule has 0 atom stereocenters. The Morgan fingerprint density at radius 2 is 1.79 bits per heavy atom. The van der Waals surface area contributed by atoms with E-state index in [4.69, 9.17) is 17.3 Å². The van der Waals surface area contributed by atoms with Crippen LogP contribution in [0.3, 0.4) is 0 Å². The van der Waals surface area contributed by atoms with Crippen molar-refractivity contribution in [3.05, 3.63) is 53.8 Å². The van der Waals surface area contributed by atoms with E-state index in [1.165, 1.54) is 0 Å². The zero-order valence-corrected chi connectivity index (χ0v) is 11.4. The van der Waals surface area contributed by atoms with Crippen LogP contribution >= 0.6 is 23.4 Å². The molecule has 3 rings (SSSR count). The number of nitrogens with two attached hydrogens (primary N) is 1. The molecule has 94 valence electrons. The summed E-state index contributed by atoms with van der Waals surface area (Å²) in [4.78, 5) is 9.64. The molecule has 0 saturated heterocycles. The zero-order valence-electron chi connectivity index (χ0n) is 9.88. The highest BCUT2D eigenvalue weighted by Gasteiger charge is 2.06. The number of rotatable bonds is 2. The third kappa shape index (κ3) is 2.64. The highest BCUT2D eigenvalue weighted by molar-refractivity contribution is 7.99. The molecule has 0 aliphatic carbocycles. The predicted octanol–water partition coefficient (Wildman–Crippen LogP) is 4.02. The van der Waals surface area contributed by atoms with Gasteiger partial charge in [-0.25, -0.2) is 9.97 Å². The number of hydrogen-bond donors (Lipinski definition) is 1. The summed E-state index contributed by atoms with van der Waals surface area (Å²) in [7, 11) is 0. The maximum atomic E-state index is 5.88. The van der Waals surface area contributed by atoms with Gasteiger partial charge in [0.05, 0.1) is 5.52 Å². The molecule has 3 nitrogen and oxygen atoms in total. The van der Waals surface area contributed by atoms with Crippen LogP contribution in [0.2, 0.25) is 5.02 Å². The highest BCUT2D eigenvalue weighted by atomic mass is 35.5. The van der Waals surface area contributed by atoms with E-state index in [-0.39, 0.29) is 0 Å². The van der Waals surface area contributed by atoms with Crippen molar-refractivity contribution in [2.24, 2.45) is 0 Å². The molecule has 0 radical (unpaired) electrons. The smallest absolute Gasteiger partial charge is 0.117 e. The lowest BCUT2D eigenvalue weighted by molar-refractivity contribution is 1.10. The molecule has 0 amide bonds. The third-order valence-corrected chi connectivity index (χ3v) is 3.93. The van der Waals surface area contributed by atoms with E-state index in [0.717, 1.165) is 25.8 Å². The van der Waals surface area contributed by atoms with Gasteiger partial charge in [-0.2, -0.15) is 0 Å². The topological polar surface area (TPSA) is 51.8 Å². The van der Waals surface area contributed by atoms with Crippen molar-refractivity contribution >= 4 is 40.0 Å². The summed E-state index contributed by atoms with van der Waals surface area (Å²) in [6, 6.07) is 13.3. The van der Waals surface area contributed by atoms with Crippen molar-refractivity contribution in [3.8, 4) is 0 Å². The van der Waals surface area contributed by atoms with Gasteiger partial charge in [0.25, 0.3) is 0 Å². The molecule has 2 N–H and O–H groups in total. The van der Waals surface area contributed by atoms with Crippen molar-refractivity contribution in [2.75, 3.05) is 5.73 Å². The van der Waals surface area contributed by atoms with Crippen molar-refractivity contribution in [1.82, 2.24) is 9.97 Å². The van der Waals surface area contributed by atoms with Crippen LogP contribution in [0.5, 0.6) is 0 Å². The largest absolute Gasteiger partial charge is 0.399 e. The van der Waals surface area contributed by atoms with Crippen molar-refractivity contribution in [1.29, 1.82) is 0 Å². The summed E-state index contributed by atoms with van der Waals surface area (Å²) in [6.07, 6.45) is 1.57. The van der Waals surface area contributed by atoms with E-state index in [2.05, 4.69) is 9.97 Å². The Kier molecular flexibility index (Phi) is 3.27. The van der Waals surface area contributed by atoms with Crippen LogP contribution in [-0.4, -0.2) is 9.97 Å². The van der Waals surface area contributed by atoms with Gasteiger partial charge in [-0.05, 0) is 42.5 Å². The molecular formula is C14H10ClN3S. The van der Waals surface area contributed by atoms with Gasteiger partial charge in [0, 0.05) is 21.0 Å². The molecule has 0 bridgehead atoms. The minimum Gasteiger partial charge on any atom is -0.399 e. The normalized spacial score (nSPS) is 10.8. The van der Waals surface area contributed by atoms with Crippen LogP contribution in [0.25, 0.3) is 10.9 Å². The summed E-state index contributed by atoms with van der Waals surface area (Å²) >= 11 is 7.45. The molecule has 19 heavy (non-hydrogen) atoms. The lowest BCUT2D eigenvalue weighted by Crippen LogP contribution is -1.90. The Labute approximate surface area is 119 Å². The highest BCUT2D eigenvalue weighted by Crippen LogP contribution is 2.32. The maximum Gasteiger partial charge on any atom is 0.117 e. The maximum absolute atomic E-state index is 5.88. The summed E-state index contributed by atoms with van der Waals surface area (Å²) in [5.41, 5.74) is 7.42. The number of nitrogen functional groups attached to an aromatic ring is 1. The summed E-state index contributed by atoms with van der Waals surface area (Å²) in [6.45, 7) is 0. The first-order valence-electron chi connectivity index (χ1n) is 5.66. The first kappa shape index (κ1) is 12.3. The van der Waals surface area contributed by atoms with E-state index in [1.807, 2.05) is 42.5 Å². The molecule has 0 unspecified atom stereocenters. The Balaban J connectivity index is 2.05. The summed E-state index contributed by atoms with van der Waals surface area (Å²) in [5.74, 6) is 0. The number of halogens is 1. The fraction of sp³-hybridized carbons (Fsp3) is 0. The number of fused-ring (bicyclic) bond motifs is 1. The van der Waals surface area contributed by atoms with E-state index >= 15 is 0 Å². The zero-order chi connectivity index (χ0) is 13.2. The molecular weight excluding hydrogens is 278 g/mol. The molecule has 0 fully saturated rings. The van der Waals surface area contributed by atoms with Crippen LogP contribution in [0, 0.1) is 0 Å². The Bertz CT molecular complexity index is 728. The molecule has 0 aliphatic heterocycles. The number of nitrogens with zero attached hydrogens (tertiary/aromatic N) is 2. The monoisotopic (exact) mass is 287 g/mol. The van der Waals surface area contributed by atoms with Gasteiger partial charge in [-0.15, -0.1) is 0 Å². The van der Waals surface area contributed by atoms with Crippen LogP contribution < -0.4 is 5.73 Å². The van der Waals surface area contributed by atoms with Gasteiger partial charge >= 0.3 is 0 Å². The second-order valence-corrected chi connectivity index (χ2v) is 5.51. The molecule has 0 spiro atoms. The van der Waals surface area contributed by atoms with Crippen LogP contribution in [0.1, 0.15) is 0 Å². The van der Waals surface area contributed by atoms with Crippen molar-refractivity contribution in [3.63, 3.8) is 0 Å². The fourth-order valence-electron chi connectivity index (χ4n) is 1.75. The summed E-state index contributed by atoms with van der Waals surface area (Å²) < 4.78 is 0. The van der Waals surface area contributed by atoms with Crippen molar-refractivity contribution < 1.29 is 0 Å². The van der Waals surface area contributed by atoms with E-state index in [9.17, 15) is 0 Å². The first-order valence-corrected chi connectivity index (χ1v) is 6.85. The van der Waals surface area contributed by atoms with Gasteiger partial charge < -0.3 is 5.73 Å². The van der Waals surface area contributed by atoms with Crippen LogP contribution in [0.15, 0.2) is 58.7 Å². The molecule has 0 saturated carbocycles. The lowest BCUT2D eigenvalue weighted by atomic mass is 10.2. The summed E-state index contributed by atoms with van der Waals surface area (Å²) in [5, 5.41) is 2.57. The molecule has 5 heteroatoms. The predicted molar refractivity (Wildman–Crippen MR) is 79.5 cm³/mol. The third-order valence-electron chi connectivity index (χ3n) is 2.65. The molecule has 2 aromatic carbocycles. The van der Waals surface area contributed by atoms with Gasteiger partial charge in [-0.1, -0.05) is 23.4 Å². The molecule has 1 heterocycles. The molecule has 1 aromatic heterocycles. The Morgan fingerprint density at radius 1 is 1.00 bits per heavy atom. The Morgan fingerprint density at radius 3 is 2.58 bits per heavy atom. The molecule has 3 aromatic rings. The fourth-order valence-corrected chi connectivity index (χ4v) is 2.74. The van der Waals surface area contributed by atoms with Crippen molar-refractivity contribution in [2.45, 2.75) is 9.92 Å². The first-order chi connectivity index (χ1) is 9.22. The van der Waals surface area contributed by atoms with Gasteiger partial charge in [0.15, 0.2) is 0 Å². The van der Waals surface area contributed by atoms with Gasteiger partial charge in [0.1, 0.15) is 11.4 Å². The lowest BCUT2D eigenvalue weighted by Gasteiger charge is -2.05. The minimum absolute atomic E-state index is 0.709. The number of hydrogen-bond acceptors (Lipinski definition) is 4. The molecule has 0 aliphatic rings. The Hall–Kier alpha value is -1.78. The SMILES string of the molecule is Nc1ccc2ncnc(Sc3ccc(Cl)cc3)c2c1. The van der Waals surface area contributed by atoms with Gasteiger partial charge in [-0.3, -0.25) is 0 Å². The number of aromatic nitrogens is 2. The second kappa shape index (κ2) is 5.07. The second-order valence-electron chi connectivity index (χ2n) is 4.01. The van der Waals surface area contributed by atoms with E-state index in [0.29, 0.717) is 5.69 Å². The van der Waals surface area contributed by atoms with Crippen LogP contribution in [0.4, 0.5) is 5.69 Å². The van der Waals surface area contributed by atoms with E-state index in [1.54, 1.807) is 18.1 Å². The van der Waals surface area contributed by atoms with E-state index < -0.39 is 0 Å².